The van der Waals surface area contributed by atoms with Crippen molar-refractivity contribution in [1.82, 2.24) is 10.3 Å². The molecule has 5 rings (SSSR count). The average molecular weight is 471 g/mol. The van der Waals surface area contributed by atoms with Crippen LogP contribution < -0.4 is 10.2 Å². The van der Waals surface area contributed by atoms with Gasteiger partial charge in [0.2, 0.25) is 0 Å². The second-order valence-corrected chi connectivity index (χ2v) is 8.63. The lowest BCUT2D eigenvalue weighted by Gasteiger charge is -2.26. The molecule has 2 atom stereocenters. The Kier molecular flexibility index (Phi) is 5.59. The molecular formula is C26H22N4O3S. The van der Waals surface area contributed by atoms with Crippen molar-refractivity contribution in [2.75, 3.05) is 4.90 Å². The number of anilines is 1. The van der Waals surface area contributed by atoms with E-state index in [2.05, 4.69) is 36.3 Å². The first-order chi connectivity index (χ1) is 16.4. The summed E-state index contributed by atoms with van der Waals surface area (Å²) in [4.78, 5) is 17.7. The summed E-state index contributed by atoms with van der Waals surface area (Å²) in [7, 11) is 0. The number of furan rings is 1. The molecule has 8 heteroatoms. The molecule has 3 heterocycles. The third kappa shape index (κ3) is 3.82. The number of pyridine rings is 1. The first-order valence-corrected chi connectivity index (χ1v) is 11.3. The Labute approximate surface area is 202 Å². The summed E-state index contributed by atoms with van der Waals surface area (Å²) in [5.74, 6) is 1.06. The largest absolute Gasteiger partial charge is 0.459 e. The fourth-order valence-corrected chi connectivity index (χ4v) is 4.64. The predicted molar refractivity (Wildman–Crippen MR) is 135 cm³/mol. The summed E-state index contributed by atoms with van der Waals surface area (Å²) in [5.41, 5.74) is 4.53. The van der Waals surface area contributed by atoms with Crippen molar-refractivity contribution in [3.63, 3.8) is 0 Å². The lowest BCUT2D eigenvalue weighted by molar-refractivity contribution is -0.384. The summed E-state index contributed by atoms with van der Waals surface area (Å²) >= 11 is 5.76. The monoisotopic (exact) mass is 470 g/mol. The van der Waals surface area contributed by atoms with Gasteiger partial charge in [0, 0.05) is 18.0 Å². The van der Waals surface area contributed by atoms with E-state index in [0.29, 0.717) is 22.2 Å². The van der Waals surface area contributed by atoms with Crippen molar-refractivity contribution in [1.29, 1.82) is 0 Å². The van der Waals surface area contributed by atoms with Gasteiger partial charge in [0.1, 0.15) is 17.6 Å². The predicted octanol–water partition coefficient (Wildman–Crippen LogP) is 6.04. The molecule has 1 fully saturated rings. The molecule has 0 bridgehead atoms. The van der Waals surface area contributed by atoms with E-state index in [1.165, 1.54) is 11.6 Å². The molecule has 0 radical (unpaired) electrons. The molecule has 7 nitrogen and oxygen atoms in total. The number of benzene rings is 2. The molecule has 0 saturated carbocycles. The van der Waals surface area contributed by atoms with Gasteiger partial charge in [-0.3, -0.25) is 15.1 Å². The van der Waals surface area contributed by atoms with Crippen LogP contribution in [0.1, 0.15) is 34.7 Å². The van der Waals surface area contributed by atoms with Crippen molar-refractivity contribution in [3.8, 4) is 11.3 Å². The van der Waals surface area contributed by atoms with Crippen molar-refractivity contribution in [3.05, 3.63) is 112 Å². The van der Waals surface area contributed by atoms with Crippen molar-refractivity contribution in [2.24, 2.45) is 0 Å². The van der Waals surface area contributed by atoms with Crippen LogP contribution in [0.25, 0.3) is 11.3 Å². The molecule has 0 unspecified atom stereocenters. The van der Waals surface area contributed by atoms with Crippen LogP contribution in [-0.4, -0.2) is 15.0 Å². The topological polar surface area (TPSA) is 84.4 Å². The summed E-state index contributed by atoms with van der Waals surface area (Å²) in [6.07, 6.45) is 1.75. The van der Waals surface area contributed by atoms with Gasteiger partial charge in [-0.1, -0.05) is 24.3 Å². The standard InChI is InChI=1S/C26H22N4O3S/c1-16-10-11-18(15-17(16)2)29-25(24(28-26(29)34)20-8-5-6-14-27-20)23-13-12-22(33-23)19-7-3-4-9-21(19)30(31)32/h3-15,24-25H,1-2H3,(H,28,34)/t24-,25-/m1/s1. The van der Waals surface area contributed by atoms with Gasteiger partial charge in [0.15, 0.2) is 5.11 Å². The van der Waals surface area contributed by atoms with Gasteiger partial charge in [-0.15, -0.1) is 0 Å². The van der Waals surface area contributed by atoms with Gasteiger partial charge in [-0.2, -0.15) is 0 Å². The van der Waals surface area contributed by atoms with Crippen molar-refractivity contribution >= 4 is 28.7 Å². The molecule has 170 valence electrons. The highest BCUT2D eigenvalue weighted by atomic mass is 32.1. The number of hydrogen-bond acceptors (Lipinski definition) is 5. The maximum absolute atomic E-state index is 11.6. The molecule has 0 aliphatic carbocycles. The number of nitrogens with zero attached hydrogens (tertiary/aromatic N) is 3. The Bertz CT molecular complexity index is 1390. The Morgan fingerprint density at radius 2 is 1.82 bits per heavy atom. The van der Waals surface area contributed by atoms with E-state index in [1.54, 1.807) is 30.5 Å². The van der Waals surface area contributed by atoms with Crippen LogP contribution in [0.15, 0.2) is 83.4 Å². The third-order valence-corrected chi connectivity index (χ3v) is 6.47. The van der Waals surface area contributed by atoms with E-state index in [-0.39, 0.29) is 17.8 Å². The molecule has 2 aromatic heterocycles. The van der Waals surface area contributed by atoms with Crippen LogP contribution in [0, 0.1) is 24.0 Å². The third-order valence-electron chi connectivity index (χ3n) is 6.15. The smallest absolute Gasteiger partial charge is 0.280 e. The van der Waals surface area contributed by atoms with E-state index in [9.17, 15) is 10.1 Å². The zero-order valence-electron chi connectivity index (χ0n) is 18.6. The number of hydrogen-bond donors (Lipinski definition) is 1. The van der Waals surface area contributed by atoms with Crippen molar-refractivity contribution < 1.29 is 9.34 Å². The maximum atomic E-state index is 11.6. The number of thiocarbonyl (C=S) groups is 1. The highest BCUT2D eigenvalue weighted by molar-refractivity contribution is 7.80. The molecule has 2 aromatic carbocycles. The zero-order valence-corrected chi connectivity index (χ0v) is 19.5. The average Bonchev–Trinajstić information content (AvgIpc) is 3.46. The summed E-state index contributed by atoms with van der Waals surface area (Å²) in [6.45, 7) is 4.13. The van der Waals surface area contributed by atoms with Crippen LogP contribution in [0.3, 0.4) is 0 Å². The fourth-order valence-electron chi connectivity index (χ4n) is 4.30. The summed E-state index contributed by atoms with van der Waals surface area (Å²) < 4.78 is 6.28. The minimum Gasteiger partial charge on any atom is -0.459 e. The Balaban J connectivity index is 1.63. The number of nitro groups is 1. The molecule has 0 spiro atoms. The van der Waals surface area contributed by atoms with E-state index in [4.69, 9.17) is 16.6 Å². The molecule has 1 N–H and O–H groups in total. The lowest BCUT2D eigenvalue weighted by atomic mass is 10.0. The van der Waals surface area contributed by atoms with Gasteiger partial charge in [-0.05, 0) is 79.7 Å². The number of rotatable bonds is 5. The van der Waals surface area contributed by atoms with E-state index >= 15 is 0 Å². The quantitative estimate of drug-likeness (QED) is 0.216. The minimum atomic E-state index is -0.401. The van der Waals surface area contributed by atoms with E-state index in [1.807, 2.05) is 35.2 Å². The van der Waals surface area contributed by atoms with Gasteiger partial charge < -0.3 is 14.6 Å². The van der Waals surface area contributed by atoms with E-state index < -0.39 is 4.92 Å². The normalized spacial score (nSPS) is 17.6. The number of aryl methyl sites for hydroxylation is 2. The lowest BCUT2D eigenvalue weighted by Crippen LogP contribution is -2.29. The number of nitro benzene ring substituents is 1. The fraction of sp³-hybridized carbons (Fsp3) is 0.154. The van der Waals surface area contributed by atoms with Crippen LogP contribution in [0.2, 0.25) is 0 Å². The highest BCUT2D eigenvalue weighted by Gasteiger charge is 2.42. The minimum absolute atomic E-state index is 0.00393. The first kappa shape index (κ1) is 21.8. The van der Waals surface area contributed by atoms with Crippen LogP contribution in [0.4, 0.5) is 11.4 Å². The molecule has 1 aliphatic heterocycles. The Morgan fingerprint density at radius 3 is 2.56 bits per heavy atom. The van der Waals surface area contributed by atoms with Crippen LogP contribution >= 0.6 is 12.2 Å². The van der Waals surface area contributed by atoms with Crippen molar-refractivity contribution in [2.45, 2.75) is 25.9 Å². The van der Waals surface area contributed by atoms with Crippen LogP contribution in [-0.2, 0) is 0 Å². The molecule has 0 amide bonds. The van der Waals surface area contributed by atoms with Gasteiger partial charge >= 0.3 is 0 Å². The Hall–Kier alpha value is -4.04. The molecular weight excluding hydrogens is 448 g/mol. The van der Waals surface area contributed by atoms with Gasteiger partial charge in [-0.25, -0.2) is 0 Å². The number of nitrogens with one attached hydrogen (secondary N) is 1. The summed E-state index contributed by atoms with van der Waals surface area (Å²) in [6, 6.07) is 21.6. The van der Waals surface area contributed by atoms with E-state index in [0.717, 1.165) is 16.9 Å². The molecule has 4 aromatic rings. The molecule has 1 aliphatic rings. The summed E-state index contributed by atoms with van der Waals surface area (Å²) in [5, 5.41) is 15.5. The SMILES string of the molecule is Cc1ccc(N2C(=S)N[C@H](c3ccccn3)[C@H]2c2ccc(-c3ccccc3[N+](=O)[O-])o2)cc1C. The maximum Gasteiger partial charge on any atom is 0.280 e. The second-order valence-electron chi connectivity index (χ2n) is 8.24. The van der Waals surface area contributed by atoms with Gasteiger partial charge in [0.05, 0.1) is 22.2 Å². The second kappa shape index (κ2) is 8.72. The van der Waals surface area contributed by atoms with Gasteiger partial charge in [0.25, 0.3) is 5.69 Å². The first-order valence-electron chi connectivity index (χ1n) is 10.9. The Morgan fingerprint density at radius 1 is 1.03 bits per heavy atom. The number of para-hydroxylation sites is 1. The number of aromatic nitrogens is 1. The molecule has 34 heavy (non-hydrogen) atoms. The zero-order chi connectivity index (χ0) is 23.8. The van der Waals surface area contributed by atoms with Crippen LogP contribution in [0.5, 0.6) is 0 Å². The molecule has 1 saturated heterocycles. The highest BCUT2D eigenvalue weighted by Crippen LogP contribution is 2.43.